The number of carbonyl (C=O) groups excluding carboxylic acids is 1. The van der Waals surface area contributed by atoms with Crippen molar-refractivity contribution in [2.75, 3.05) is 20.6 Å². The molecule has 124 valence electrons. The highest BCUT2D eigenvalue weighted by atomic mass is 35.5. The standard InChI is InChI=1S/C18H23ClN2O2/c1-12(2)15(21(3)4)11-20-18(22)17-10-9-16(23-17)13-7-5-6-8-14(13)19/h5-10,12,15H,11H2,1-4H3,(H,20,22)/t15-/m1/s1. The van der Waals surface area contributed by atoms with Gasteiger partial charge in [-0.15, -0.1) is 0 Å². The molecule has 23 heavy (non-hydrogen) atoms. The molecule has 0 aliphatic rings. The molecule has 0 fully saturated rings. The summed E-state index contributed by atoms with van der Waals surface area (Å²) in [4.78, 5) is 14.4. The molecule has 0 unspecified atom stereocenters. The van der Waals surface area contributed by atoms with Crippen LogP contribution in [0.25, 0.3) is 11.3 Å². The van der Waals surface area contributed by atoms with Gasteiger partial charge in [0.1, 0.15) is 5.76 Å². The number of rotatable bonds is 6. The maximum atomic E-state index is 12.3. The number of carbonyl (C=O) groups is 1. The Balaban J connectivity index is 2.06. The minimum Gasteiger partial charge on any atom is -0.451 e. The van der Waals surface area contributed by atoms with Crippen molar-refractivity contribution < 1.29 is 9.21 Å². The molecule has 4 nitrogen and oxygen atoms in total. The third-order valence-electron chi connectivity index (χ3n) is 3.87. The number of halogens is 1. The molecule has 0 radical (unpaired) electrons. The van der Waals surface area contributed by atoms with Gasteiger partial charge in [0.05, 0.1) is 5.02 Å². The van der Waals surface area contributed by atoms with Gasteiger partial charge in [0.2, 0.25) is 0 Å². The molecule has 1 aromatic carbocycles. The van der Waals surface area contributed by atoms with E-state index in [1.54, 1.807) is 18.2 Å². The second-order valence-electron chi connectivity index (χ2n) is 6.13. The zero-order valence-corrected chi connectivity index (χ0v) is 14.7. The zero-order valence-electron chi connectivity index (χ0n) is 14.0. The summed E-state index contributed by atoms with van der Waals surface area (Å²) in [5.41, 5.74) is 0.779. The second kappa shape index (κ2) is 7.66. The van der Waals surface area contributed by atoms with Gasteiger partial charge >= 0.3 is 0 Å². The van der Waals surface area contributed by atoms with Crippen LogP contribution in [0.1, 0.15) is 24.4 Å². The molecule has 0 bridgehead atoms. The molecule has 1 aromatic heterocycles. The van der Waals surface area contributed by atoms with Crippen LogP contribution < -0.4 is 5.32 Å². The minimum absolute atomic E-state index is 0.212. The Bertz CT molecular complexity index is 657. The maximum absolute atomic E-state index is 12.3. The lowest BCUT2D eigenvalue weighted by Gasteiger charge is -2.27. The summed E-state index contributed by atoms with van der Waals surface area (Å²) in [6, 6.07) is 11.1. The summed E-state index contributed by atoms with van der Waals surface area (Å²) < 4.78 is 5.66. The van der Waals surface area contributed by atoms with E-state index >= 15 is 0 Å². The Kier molecular flexibility index (Phi) is 5.85. The number of amides is 1. The van der Waals surface area contributed by atoms with Crippen molar-refractivity contribution in [3.05, 3.63) is 47.2 Å². The molecule has 0 aliphatic carbocycles. The van der Waals surface area contributed by atoms with Crippen LogP contribution in [0.3, 0.4) is 0 Å². The molecule has 1 N–H and O–H groups in total. The van der Waals surface area contributed by atoms with E-state index in [9.17, 15) is 4.79 Å². The van der Waals surface area contributed by atoms with Crippen molar-refractivity contribution in [2.45, 2.75) is 19.9 Å². The first-order chi connectivity index (χ1) is 10.9. The molecular weight excluding hydrogens is 312 g/mol. The van der Waals surface area contributed by atoms with Gasteiger partial charge in [0.25, 0.3) is 5.91 Å². The summed E-state index contributed by atoms with van der Waals surface area (Å²) >= 11 is 6.15. The van der Waals surface area contributed by atoms with Crippen molar-refractivity contribution in [1.29, 1.82) is 0 Å². The largest absolute Gasteiger partial charge is 0.451 e. The first-order valence-electron chi connectivity index (χ1n) is 7.69. The molecule has 2 rings (SSSR count). The van der Waals surface area contributed by atoms with Crippen LogP contribution in [0.5, 0.6) is 0 Å². The summed E-state index contributed by atoms with van der Waals surface area (Å²) in [6.07, 6.45) is 0. The lowest BCUT2D eigenvalue weighted by Crippen LogP contribution is -2.43. The smallest absolute Gasteiger partial charge is 0.287 e. The molecule has 0 saturated carbocycles. The third-order valence-corrected chi connectivity index (χ3v) is 4.20. The van der Waals surface area contributed by atoms with Crippen LogP contribution in [0.15, 0.2) is 40.8 Å². The van der Waals surface area contributed by atoms with Gasteiger partial charge in [-0.3, -0.25) is 4.79 Å². The van der Waals surface area contributed by atoms with Crippen LogP contribution in [0.4, 0.5) is 0 Å². The molecule has 0 saturated heterocycles. The molecule has 0 spiro atoms. The van der Waals surface area contributed by atoms with Gasteiger partial charge in [-0.25, -0.2) is 0 Å². The predicted molar refractivity (Wildman–Crippen MR) is 93.8 cm³/mol. The lowest BCUT2D eigenvalue weighted by atomic mass is 10.0. The van der Waals surface area contributed by atoms with Crippen LogP contribution in [0, 0.1) is 5.92 Å². The van der Waals surface area contributed by atoms with Crippen molar-refractivity contribution in [3.8, 4) is 11.3 Å². The average Bonchev–Trinajstić information content (AvgIpc) is 2.96. The van der Waals surface area contributed by atoms with Gasteiger partial charge in [0, 0.05) is 18.2 Å². The van der Waals surface area contributed by atoms with E-state index in [4.69, 9.17) is 16.0 Å². The van der Waals surface area contributed by atoms with Crippen LogP contribution in [-0.4, -0.2) is 37.5 Å². The van der Waals surface area contributed by atoms with Crippen molar-refractivity contribution in [2.24, 2.45) is 5.92 Å². The normalized spacial score (nSPS) is 12.7. The second-order valence-corrected chi connectivity index (χ2v) is 6.54. The van der Waals surface area contributed by atoms with Crippen LogP contribution in [-0.2, 0) is 0 Å². The summed E-state index contributed by atoms with van der Waals surface area (Å²) in [5.74, 6) is 1.12. The highest BCUT2D eigenvalue weighted by Gasteiger charge is 2.19. The number of benzene rings is 1. The highest BCUT2D eigenvalue weighted by molar-refractivity contribution is 6.33. The third kappa shape index (κ3) is 4.36. The fraction of sp³-hybridized carbons (Fsp3) is 0.389. The topological polar surface area (TPSA) is 45.5 Å². The Morgan fingerprint density at radius 2 is 1.91 bits per heavy atom. The molecule has 1 atom stereocenters. The quantitative estimate of drug-likeness (QED) is 0.871. The Morgan fingerprint density at radius 3 is 2.52 bits per heavy atom. The summed E-state index contributed by atoms with van der Waals surface area (Å²) in [5, 5.41) is 3.53. The van der Waals surface area contributed by atoms with E-state index in [0.29, 0.717) is 29.0 Å². The SMILES string of the molecule is CC(C)[C@@H](CNC(=O)c1ccc(-c2ccccc2Cl)o1)N(C)C. The number of nitrogens with one attached hydrogen (secondary N) is 1. The fourth-order valence-corrected chi connectivity index (χ4v) is 2.79. The molecule has 1 amide bonds. The molecule has 2 aromatic rings. The van der Waals surface area contributed by atoms with E-state index in [-0.39, 0.29) is 11.9 Å². The van der Waals surface area contributed by atoms with E-state index in [2.05, 4.69) is 24.1 Å². The minimum atomic E-state index is -0.212. The van der Waals surface area contributed by atoms with E-state index in [0.717, 1.165) is 5.56 Å². The van der Waals surface area contributed by atoms with Gasteiger partial charge in [-0.2, -0.15) is 0 Å². The van der Waals surface area contributed by atoms with Crippen LogP contribution >= 0.6 is 11.6 Å². The maximum Gasteiger partial charge on any atom is 0.287 e. The van der Waals surface area contributed by atoms with Crippen molar-refractivity contribution in [1.82, 2.24) is 10.2 Å². The van der Waals surface area contributed by atoms with E-state index in [1.807, 2.05) is 32.3 Å². The molecule has 1 heterocycles. The zero-order chi connectivity index (χ0) is 17.0. The van der Waals surface area contributed by atoms with Gasteiger partial charge < -0.3 is 14.6 Å². The van der Waals surface area contributed by atoms with Crippen molar-refractivity contribution in [3.63, 3.8) is 0 Å². The number of nitrogens with zero attached hydrogens (tertiary/aromatic N) is 1. The number of furan rings is 1. The average molecular weight is 335 g/mol. The van der Waals surface area contributed by atoms with Gasteiger partial charge in [-0.1, -0.05) is 37.6 Å². The first-order valence-corrected chi connectivity index (χ1v) is 8.07. The van der Waals surface area contributed by atoms with E-state index in [1.165, 1.54) is 0 Å². The number of likely N-dealkylation sites (N-methyl/N-ethyl adjacent to an activating group) is 1. The number of hydrogen-bond acceptors (Lipinski definition) is 3. The monoisotopic (exact) mass is 334 g/mol. The Hall–Kier alpha value is -1.78. The molecule has 5 heteroatoms. The number of hydrogen-bond donors (Lipinski definition) is 1. The summed E-state index contributed by atoms with van der Waals surface area (Å²) in [7, 11) is 4.03. The first kappa shape index (κ1) is 17.6. The highest BCUT2D eigenvalue weighted by Crippen LogP contribution is 2.28. The summed E-state index contributed by atoms with van der Waals surface area (Å²) in [6.45, 7) is 4.85. The van der Waals surface area contributed by atoms with Gasteiger partial charge in [0.15, 0.2) is 5.76 Å². The molecular formula is C18H23ClN2O2. The Labute approximate surface area is 142 Å². The molecule has 0 aliphatic heterocycles. The lowest BCUT2D eigenvalue weighted by molar-refractivity contribution is 0.0908. The van der Waals surface area contributed by atoms with E-state index < -0.39 is 0 Å². The van der Waals surface area contributed by atoms with Gasteiger partial charge in [-0.05, 0) is 44.3 Å². The van der Waals surface area contributed by atoms with Crippen LogP contribution in [0.2, 0.25) is 5.02 Å². The van der Waals surface area contributed by atoms with Crippen molar-refractivity contribution >= 4 is 17.5 Å². The Morgan fingerprint density at radius 1 is 1.22 bits per heavy atom. The fourth-order valence-electron chi connectivity index (χ4n) is 2.56. The predicted octanol–water partition coefficient (Wildman–Crippen LogP) is 3.92.